The summed E-state index contributed by atoms with van der Waals surface area (Å²) in [5.74, 6) is 0. The quantitative estimate of drug-likeness (QED) is 0.727. The van der Waals surface area contributed by atoms with Gasteiger partial charge in [0.05, 0.1) is 12.1 Å². The van der Waals surface area contributed by atoms with Crippen molar-refractivity contribution in [1.29, 1.82) is 0 Å². The number of hydrogen-bond acceptors (Lipinski definition) is 5. The van der Waals surface area contributed by atoms with Crippen molar-refractivity contribution in [2.24, 2.45) is 0 Å². The topological polar surface area (TPSA) is 71.0 Å². The van der Waals surface area contributed by atoms with Crippen molar-refractivity contribution < 1.29 is 19.5 Å². The van der Waals surface area contributed by atoms with E-state index in [0.717, 1.165) is 5.06 Å². The molecule has 0 bridgehead atoms. The maximum atomic E-state index is 11.7. The fraction of sp³-hybridized carbons (Fsp3) is 0.909. The highest BCUT2D eigenvalue weighted by atomic mass is 16.6. The Morgan fingerprint density at radius 1 is 1.59 bits per heavy atom. The average Bonchev–Trinajstić information content (AvgIpc) is 2.47. The van der Waals surface area contributed by atoms with Gasteiger partial charge in [-0.05, 0) is 27.2 Å². The van der Waals surface area contributed by atoms with Gasteiger partial charge in [0.25, 0.3) is 0 Å². The molecule has 17 heavy (non-hydrogen) atoms. The number of alkyl carbamates (subject to hydrolysis) is 1. The van der Waals surface area contributed by atoms with Crippen molar-refractivity contribution in [1.82, 2.24) is 10.4 Å². The van der Waals surface area contributed by atoms with Crippen molar-refractivity contribution in [3.05, 3.63) is 0 Å². The van der Waals surface area contributed by atoms with Crippen molar-refractivity contribution in [2.45, 2.75) is 38.3 Å². The lowest BCUT2D eigenvalue weighted by Crippen LogP contribution is -2.56. The van der Waals surface area contributed by atoms with E-state index in [-0.39, 0.29) is 0 Å². The molecule has 0 aromatic rings. The van der Waals surface area contributed by atoms with Gasteiger partial charge in [0, 0.05) is 20.2 Å². The molecular weight excluding hydrogens is 224 g/mol. The second-order valence-electron chi connectivity index (χ2n) is 5.53. The van der Waals surface area contributed by atoms with Gasteiger partial charge in [0.15, 0.2) is 0 Å². The molecule has 1 aliphatic heterocycles. The van der Waals surface area contributed by atoms with E-state index in [1.54, 1.807) is 0 Å². The summed E-state index contributed by atoms with van der Waals surface area (Å²) in [5.41, 5.74) is -1.10. The van der Waals surface area contributed by atoms with Gasteiger partial charge in [-0.1, -0.05) is 0 Å². The van der Waals surface area contributed by atoms with Gasteiger partial charge in [-0.2, -0.15) is 5.06 Å². The summed E-state index contributed by atoms with van der Waals surface area (Å²) in [4.78, 5) is 11.7. The van der Waals surface area contributed by atoms with E-state index in [1.165, 1.54) is 7.05 Å². The maximum Gasteiger partial charge on any atom is 0.408 e. The van der Waals surface area contributed by atoms with Crippen LogP contribution in [0.5, 0.6) is 0 Å². The number of likely N-dealkylation sites (N-methyl/N-ethyl adjacent to an activating group) is 1. The molecule has 1 unspecified atom stereocenters. The molecule has 100 valence electrons. The molecule has 0 aromatic heterocycles. The van der Waals surface area contributed by atoms with Crippen LogP contribution in [0.2, 0.25) is 0 Å². The molecule has 6 nitrogen and oxygen atoms in total. The molecule has 0 saturated carbocycles. The van der Waals surface area contributed by atoms with Crippen LogP contribution in [0.3, 0.4) is 0 Å². The van der Waals surface area contributed by atoms with E-state index in [0.29, 0.717) is 26.2 Å². The maximum absolute atomic E-state index is 11.7. The third kappa shape index (κ3) is 4.89. The van der Waals surface area contributed by atoms with E-state index in [1.807, 2.05) is 20.8 Å². The number of ether oxygens (including phenoxy) is 2. The summed E-state index contributed by atoms with van der Waals surface area (Å²) in [6.45, 7) is 6.70. The largest absolute Gasteiger partial charge is 0.444 e. The number of rotatable bonds is 3. The molecule has 0 spiro atoms. The van der Waals surface area contributed by atoms with E-state index < -0.39 is 17.2 Å². The van der Waals surface area contributed by atoms with E-state index >= 15 is 0 Å². The van der Waals surface area contributed by atoms with Gasteiger partial charge >= 0.3 is 6.09 Å². The molecule has 2 N–H and O–H groups in total. The second-order valence-corrected chi connectivity index (χ2v) is 5.53. The summed E-state index contributed by atoms with van der Waals surface area (Å²) in [6, 6.07) is 0. The average molecular weight is 246 g/mol. The Labute approximate surface area is 102 Å². The van der Waals surface area contributed by atoms with Crippen molar-refractivity contribution in [3.8, 4) is 0 Å². The minimum Gasteiger partial charge on any atom is -0.444 e. The zero-order valence-electron chi connectivity index (χ0n) is 10.9. The first-order valence-corrected chi connectivity index (χ1v) is 5.71. The van der Waals surface area contributed by atoms with Gasteiger partial charge in [-0.15, -0.1) is 0 Å². The van der Waals surface area contributed by atoms with Crippen LogP contribution < -0.4 is 5.32 Å². The highest BCUT2D eigenvalue weighted by Crippen LogP contribution is 2.20. The van der Waals surface area contributed by atoms with Gasteiger partial charge in [-0.3, -0.25) is 0 Å². The van der Waals surface area contributed by atoms with Crippen LogP contribution in [0.25, 0.3) is 0 Å². The third-order valence-electron chi connectivity index (χ3n) is 2.40. The van der Waals surface area contributed by atoms with Crippen molar-refractivity contribution in [2.75, 3.05) is 26.8 Å². The SMILES string of the molecule is CN(O)CC1(NC(=O)OC(C)(C)C)CCOC1. The van der Waals surface area contributed by atoms with Crippen LogP contribution in [-0.4, -0.2) is 54.3 Å². The number of nitrogens with zero attached hydrogens (tertiary/aromatic N) is 1. The molecule has 6 heteroatoms. The number of nitrogens with one attached hydrogen (secondary N) is 1. The lowest BCUT2D eigenvalue weighted by Gasteiger charge is -2.31. The molecule has 1 rings (SSSR count). The molecule has 1 fully saturated rings. The molecule has 1 aliphatic rings. The molecule has 0 radical (unpaired) electrons. The lowest BCUT2D eigenvalue weighted by atomic mass is 9.99. The fourth-order valence-corrected chi connectivity index (χ4v) is 1.83. The van der Waals surface area contributed by atoms with E-state index in [9.17, 15) is 10.0 Å². The Kier molecular flexibility index (Phi) is 4.35. The summed E-state index contributed by atoms with van der Waals surface area (Å²) in [6.07, 6.45) is 0.182. The smallest absolute Gasteiger partial charge is 0.408 e. The van der Waals surface area contributed by atoms with Crippen molar-refractivity contribution >= 4 is 6.09 Å². The second kappa shape index (κ2) is 5.20. The standard InChI is InChI=1S/C11H22N2O4/c1-10(2,3)17-9(14)12-11(7-13(4)15)5-6-16-8-11/h15H,5-8H2,1-4H3,(H,12,14). The predicted octanol–water partition coefficient (Wildman–Crippen LogP) is 0.991. The number of carbonyl (C=O) groups excluding carboxylic acids is 1. The predicted molar refractivity (Wildman–Crippen MR) is 62.0 cm³/mol. The Morgan fingerprint density at radius 3 is 2.65 bits per heavy atom. The molecule has 0 aliphatic carbocycles. The molecule has 1 atom stereocenters. The van der Waals surface area contributed by atoms with E-state index in [2.05, 4.69) is 5.32 Å². The van der Waals surface area contributed by atoms with Gasteiger partial charge < -0.3 is 20.0 Å². The van der Waals surface area contributed by atoms with Crippen LogP contribution in [0.15, 0.2) is 0 Å². The van der Waals surface area contributed by atoms with E-state index in [4.69, 9.17) is 9.47 Å². The zero-order valence-corrected chi connectivity index (χ0v) is 10.9. The molecule has 1 heterocycles. The summed E-state index contributed by atoms with van der Waals surface area (Å²) in [7, 11) is 1.54. The minimum absolute atomic E-state index is 0.312. The Hall–Kier alpha value is -0.850. The first-order valence-electron chi connectivity index (χ1n) is 5.71. The van der Waals surface area contributed by atoms with Gasteiger partial charge in [-0.25, -0.2) is 4.79 Å². The van der Waals surface area contributed by atoms with Crippen LogP contribution in [-0.2, 0) is 9.47 Å². The Bertz CT molecular complexity index is 267. The van der Waals surface area contributed by atoms with Crippen LogP contribution in [0, 0.1) is 0 Å². The minimum atomic E-state index is -0.564. The number of hydroxylamine groups is 2. The van der Waals surface area contributed by atoms with Gasteiger partial charge in [0.2, 0.25) is 0 Å². The summed E-state index contributed by atoms with van der Waals surface area (Å²) >= 11 is 0. The van der Waals surface area contributed by atoms with Crippen molar-refractivity contribution in [3.63, 3.8) is 0 Å². The van der Waals surface area contributed by atoms with Crippen LogP contribution in [0.4, 0.5) is 4.79 Å². The first kappa shape index (κ1) is 14.2. The Morgan fingerprint density at radius 2 is 2.24 bits per heavy atom. The molecule has 1 saturated heterocycles. The molecule has 0 aromatic carbocycles. The summed E-state index contributed by atoms with van der Waals surface area (Å²) < 4.78 is 10.5. The fourth-order valence-electron chi connectivity index (χ4n) is 1.83. The van der Waals surface area contributed by atoms with Crippen LogP contribution >= 0.6 is 0 Å². The van der Waals surface area contributed by atoms with Gasteiger partial charge in [0.1, 0.15) is 5.60 Å². The highest BCUT2D eigenvalue weighted by molar-refractivity contribution is 5.69. The first-order chi connectivity index (χ1) is 7.72. The third-order valence-corrected chi connectivity index (χ3v) is 2.40. The molecular formula is C11H22N2O4. The lowest BCUT2D eigenvalue weighted by molar-refractivity contribution is -0.0848. The number of carbonyl (C=O) groups is 1. The highest BCUT2D eigenvalue weighted by Gasteiger charge is 2.38. The number of hydrogen-bond donors (Lipinski definition) is 2. The zero-order chi connectivity index (χ0) is 13.1. The summed E-state index contributed by atoms with van der Waals surface area (Å²) in [5, 5.41) is 13.1. The monoisotopic (exact) mass is 246 g/mol. The number of amides is 1. The van der Waals surface area contributed by atoms with Crippen LogP contribution in [0.1, 0.15) is 27.2 Å². The molecule has 1 amide bonds. The Balaban J connectivity index is 2.58. The normalized spacial score (nSPS) is 25.1.